The number of ether oxygens (including phenoxy) is 3. The van der Waals surface area contributed by atoms with Gasteiger partial charge < -0.3 is 14.2 Å². The number of aryl methyl sites for hydroxylation is 1. The first-order valence-corrected chi connectivity index (χ1v) is 10.7. The topological polar surface area (TPSA) is 96.7 Å². The molecule has 1 heterocycles. The van der Waals surface area contributed by atoms with Crippen molar-refractivity contribution in [1.29, 1.82) is 0 Å². The van der Waals surface area contributed by atoms with Crippen LogP contribution in [0.3, 0.4) is 0 Å². The molecule has 0 bridgehead atoms. The van der Waals surface area contributed by atoms with Crippen LogP contribution in [-0.4, -0.2) is 41.9 Å². The molecule has 8 nitrogen and oxygen atoms in total. The quantitative estimate of drug-likeness (QED) is 0.299. The fraction of sp³-hybridized carbons (Fsp3) is 0.111. The highest BCUT2D eigenvalue weighted by Crippen LogP contribution is 2.31. The lowest BCUT2D eigenvalue weighted by Gasteiger charge is -2.07. The zero-order chi connectivity index (χ0) is 24.9. The van der Waals surface area contributed by atoms with E-state index in [9.17, 15) is 14.4 Å². The van der Waals surface area contributed by atoms with Gasteiger partial charge >= 0.3 is 17.9 Å². The fourth-order valence-corrected chi connectivity index (χ4v) is 3.52. The maximum atomic E-state index is 12.8. The van der Waals surface area contributed by atoms with E-state index in [0.29, 0.717) is 16.8 Å². The Balaban J connectivity index is 1.81. The minimum absolute atomic E-state index is 0.0646. The van der Waals surface area contributed by atoms with Crippen molar-refractivity contribution in [3.8, 4) is 22.7 Å². The Bertz CT molecular complexity index is 1390. The molecular formula is C27H22N2O6. The summed E-state index contributed by atoms with van der Waals surface area (Å²) in [5.41, 5.74) is 2.44. The predicted octanol–water partition coefficient (Wildman–Crippen LogP) is 4.64. The molecule has 0 atom stereocenters. The van der Waals surface area contributed by atoms with E-state index in [1.165, 1.54) is 18.9 Å². The van der Waals surface area contributed by atoms with Crippen molar-refractivity contribution in [3.63, 3.8) is 0 Å². The number of carbonyl (C=O) groups is 3. The molecule has 0 fully saturated rings. The minimum atomic E-state index is -0.760. The molecule has 1 aromatic heterocycles. The Hall–Kier alpha value is -4.72. The molecule has 0 radical (unpaired) electrons. The van der Waals surface area contributed by atoms with Crippen molar-refractivity contribution in [2.24, 2.45) is 0 Å². The third kappa shape index (κ3) is 4.81. The normalized spacial score (nSPS) is 10.5. The lowest BCUT2D eigenvalue weighted by molar-refractivity contribution is 0.0549. The molecule has 0 aliphatic carbocycles. The summed E-state index contributed by atoms with van der Waals surface area (Å²) >= 11 is 0. The van der Waals surface area contributed by atoms with Crippen LogP contribution in [0.5, 0.6) is 5.75 Å². The monoisotopic (exact) mass is 470 g/mol. The van der Waals surface area contributed by atoms with Gasteiger partial charge in [0, 0.05) is 5.56 Å². The van der Waals surface area contributed by atoms with Crippen LogP contribution in [0.1, 0.15) is 36.8 Å². The van der Waals surface area contributed by atoms with Crippen molar-refractivity contribution in [2.45, 2.75) is 6.92 Å². The van der Waals surface area contributed by atoms with E-state index in [4.69, 9.17) is 14.2 Å². The first-order valence-electron chi connectivity index (χ1n) is 10.7. The summed E-state index contributed by atoms with van der Waals surface area (Å²) in [5, 5.41) is 4.55. The lowest BCUT2D eigenvalue weighted by atomic mass is 10.1. The molecule has 0 saturated carbocycles. The number of aromatic nitrogens is 2. The number of methoxy groups -OCH3 is 2. The molecule has 0 saturated heterocycles. The van der Waals surface area contributed by atoms with Gasteiger partial charge in [-0.2, -0.15) is 5.10 Å². The van der Waals surface area contributed by atoms with E-state index >= 15 is 0 Å². The molecule has 0 N–H and O–H groups in total. The molecule has 0 amide bonds. The van der Waals surface area contributed by atoms with E-state index in [2.05, 4.69) is 5.10 Å². The van der Waals surface area contributed by atoms with Crippen LogP contribution in [0.15, 0.2) is 78.9 Å². The Labute approximate surface area is 201 Å². The second-order valence-electron chi connectivity index (χ2n) is 7.59. The van der Waals surface area contributed by atoms with Crippen molar-refractivity contribution >= 4 is 17.9 Å². The molecule has 3 aromatic carbocycles. The third-order valence-electron chi connectivity index (χ3n) is 5.26. The summed E-state index contributed by atoms with van der Waals surface area (Å²) in [4.78, 5) is 38.1. The number of rotatable bonds is 6. The van der Waals surface area contributed by atoms with Gasteiger partial charge in [-0.15, -0.1) is 0 Å². The van der Waals surface area contributed by atoms with Gasteiger partial charge in [-0.05, 0) is 43.3 Å². The van der Waals surface area contributed by atoms with Gasteiger partial charge in [0.2, 0.25) is 0 Å². The van der Waals surface area contributed by atoms with Crippen LogP contribution < -0.4 is 4.74 Å². The van der Waals surface area contributed by atoms with Crippen LogP contribution in [0.25, 0.3) is 16.9 Å². The van der Waals surface area contributed by atoms with Gasteiger partial charge in [-0.3, -0.25) is 0 Å². The summed E-state index contributed by atoms with van der Waals surface area (Å²) in [7, 11) is 2.43. The van der Waals surface area contributed by atoms with Gasteiger partial charge in [0.15, 0.2) is 5.69 Å². The number of carbonyl (C=O) groups excluding carboxylic acids is 3. The predicted molar refractivity (Wildman–Crippen MR) is 128 cm³/mol. The van der Waals surface area contributed by atoms with Crippen LogP contribution >= 0.6 is 0 Å². The summed E-state index contributed by atoms with van der Waals surface area (Å²) in [6.07, 6.45) is 0. The fourth-order valence-electron chi connectivity index (χ4n) is 3.52. The van der Waals surface area contributed by atoms with Crippen molar-refractivity contribution < 1.29 is 28.6 Å². The molecule has 8 heteroatoms. The van der Waals surface area contributed by atoms with E-state index in [1.54, 1.807) is 60.7 Å². The largest absolute Gasteiger partial charge is 0.465 e. The Morgan fingerprint density at radius 1 is 0.771 bits per heavy atom. The minimum Gasteiger partial charge on any atom is -0.465 e. The second kappa shape index (κ2) is 10.0. The molecule has 4 rings (SSSR count). The first-order chi connectivity index (χ1) is 16.9. The van der Waals surface area contributed by atoms with Crippen LogP contribution in [0.2, 0.25) is 0 Å². The highest BCUT2D eigenvalue weighted by molar-refractivity contribution is 6.07. The second-order valence-corrected chi connectivity index (χ2v) is 7.59. The molecule has 0 unspecified atom stereocenters. The van der Waals surface area contributed by atoms with Gasteiger partial charge in [-0.1, -0.05) is 48.0 Å². The summed E-state index contributed by atoms with van der Waals surface area (Å²) in [5.74, 6) is -1.79. The smallest absolute Gasteiger partial charge is 0.357 e. The average Bonchev–Trinajstić information content (AvgIpc) is 3.29. The van der Waals surface area contributed by atoms with E-state index in [1.807, 2.05) is 25.1 Å². The molecule has 4 aromatic rings. The van der Waals surface area contributed by atoms with Gasteiger partial charge in [0.1, 0.15) is 17.0 Å². The zero-order valence-corrected chi connectivity index (χ0v) is 19.3. The number of hydrogen-bond donors (Lipinski definition) is 0. The van der Waals surface area contributed by atoms with E-state index < -0.39 is 17.9 Å². The highest BCUT2D eigenvalue weighted by atomic mass is 16.5. The lowest BCUT2D eigenvalue weighted by Crippen LogP contribution is -2.15. The van der Waals surface area contributed by atoms with Crippen LogP contribution in [0.4, 0.5) is 0 Å². The number of benzene rings is 3. The van der Waals surface area contributed by atoms with Crippen molar-refractivity contribution in [1.82, 2.24) is 9.78 Å². The van der Waals surface area contributed by atoms with Crippen molar-refractivity contribution in [2.75, 3.05) is 14.2 Å². The first kappa shape index (κ1) is 23.4. The standard InChI is InChI=1S/C27H22N2O6/c1-17-12-14-18(15-13-17)25(30)35-21-11-7-8-19(16-21)23-22(26(31)33-2)24(27(32)34-3)29(28-23)20-9-5-4-6-10-20/h4-16H,1-3H3. The number of nitrogens with zero attached hydrogens (tertiary/aromatic N) is 2. The van der Waals surface area contributed by atoms with Crippen molar-refractivity contribution in [3.05, 3.63) is 101 Å². The molecule has 0 aliphatic heterocycles. The Morgan fingerprint density at radius 3 is 2.11 bits per heavy atom. The molecule has 0 aliphatic rings. The summed E-state index contributed by atoms with van der Waals surface area (Å²) in [6.45, 7) is 1.93. The highest BCUT2D eigenvalue weighted by Gasteiger charge is 2.31. The Kier molecular flexibility index (Phi) is 6.73. The Morgan fingerprint density at radius 2 is 1.46 bits per heavy atom. The third-order valence-corrected chi connectivity index (χ3v) is 5.26. The SMILES string of the molecule is COC(=O)c1c(-c2cccc(OC(=O)c3ccc(C)cc3)c2)nn(-c2ccccc2)c1C(=O)OC. The summed E-state index contributed by atoms with van der Waals surface area (Å²) in [6, 6.07) is 22.4. The molecule has 176 valence electrons. The van der Waals surface area contributed by atoms with E-state index in [-0.39, 0.29) is 22.7 Å². The van der Waals surface area contributed by atoms with Crippen LogP contribution in [-0.2, 0) is 9.47 Å². The van der Waals surface area contributed by atoms with Crippen LogP contribution in [0, 0.1) is 6.92 Å². The number of esters is 3. The maximum Gasteiger partial charge on any atom is 0.357 e. The maximum absolute atomic E-state index is 12.8. The summed E-state index contributed by atoms with van der Waals surface area (Å²) < 4.78 is 16.8. The average molecular weight is 470 g/mol. The molecular weight excluding hydrogens is 448 g/mol. The van der Waals surface area contributed by atoms with E-state index in [0.717, 1.165) is 5.56 Å². The van der Waals surface area contributed by atoms with Gasteiger partial charge in [-0.25, -0.2) is 19.1 Å². The molecule has 0 spiro atoms. The molecule has 35 heavy (non-hydrogen) atoms. The van der Waals surface area contributed by atoms with Gasteiger partial charge in [0.05, 0.1) is 25.5 Å². The van der Waals surface area contributed by atoms with Gasteiger partial charge in [0.25, 0.3) is 0 Å². The zero-order valence-electron chi connectivity index (χ0n) is 19.3. The number of para-hydroxylation sites is 1. The number of hydrogen-bond acceptors (Lipinski definition) is 7.